The van der Waals surface area contributed by atoms with Gasteiger partial charge in [0.2, 0.25) is 0 Å². The molecule has 0 fully saturated rings. The van der Waals surface area contributed by atoms with Crippen molar-refractivity contribution in [3.05, 3.63) is 0 Å². The molecule has 0 atom stereocenters. The predicted molar refractivity (Wildman–Crippen MR) is 119 cm³/mol. The van der Waals surface area contributed by atoms with Gasteiger partial charge in [-0.1, -0.05) is 104 Å². The van der Waals surface area contributed by atoms with Crippen LogP contribution in [0.15, 0.2) is 0 Å². The normalized spacial score (nSPS) is 12.6. The van der Waals surface area contributed by atoms with E-state index in [2.05, 4.69) is 20.8 Å². The smallest absolute Gasteiger partial charge is 0.381 e. The molecule has 0 saturated carbocycles. The maximum Gasteiger partial charge on any atom is 0.389 e. The third-order valence-electron chi connectivity index (χ3n) is 5.46. The van der Waals surface area contributed by atoms with Crippen molar-refractivity contribution in [3.63, 3.8) is 0 Å². The maximum absolute atomic E-state index is 12.0. The fraction of sp³-hybridized carbons (Fsp3) is 1.00. The van der Waals surface area contributed by atoms with Crippen LogP contribution in [-0.4, -0.2) is 19.4 Å². The zero-order valence-corrected chi connectivity index (χ0v) is 19.7. The summed E-state index contributed by atoms with van der Waals surface area (Å²) in [5, 5.41) is 0. The standard InChI is InChI=1S/C25H49F3O/c1-24(2,3)20-19-23-29-22-18-16-14-12-10-8-6-4-5-7-9-11-13-15-17-21-25(26,27)28/h4-23H2,1-3H3. The Morgan fingerprint density at radius 2 is 0.793 bits per heavy atom. The Kier molecular flexibility index (Phi) is 18.4. The summed E-state index contributed by atoms with van der Waals surface area (Å²) >= 11 is 0. The monoisotopic (exact) mass is 422 g/mol. The molecule has 176 valence electrons. The second-order valence-corrected chi connectivity index (χ2v) is 9.95. The average molecular weight is 423 g/mol. The molecule has 0 rings (SSSR count). The lowest BCUT2D eigenvalue weighted by Crippen LogP contribution is -2.07. The molecule has 0 aliphatic carbocycles. The van der Waals surface area contributed by atoms with Crippen LogP contribution >= 0.6 is 0 Å². The van der Waals surface area contributed by atoms with E-state index in [-0.39, 0.29) is 0 Å². The van der Waals surface area contributed by atoms with Gasteiger partial charge in [0, 0.05) is 19.6 Å². The number of hydrogen-bond acceptors (Lipinski definition) is 1. The van der Waals surface area contributed by atoms with Crippen LogP contribution in [0, 0.1) is 5.41 Å². The molecule has 0 amide bonds. The lowest BCUT2D eigenvalue weighted by molar-refractivity contribution is -0.135. The highest BCUT2D eigenvalue weighted by molar-refractivity contribution is 4.60. The van der Waals surface area contributed by atoms with Crippen molar-refractivity contribution in [1.82, 2.24) is 0 Å². The molecule has 0 aromatic carbocycles. The van der Waals surface area contributed by atoms with E-state index >= 15 is 0 Å². The molecule has 0 saturated heterocycles. The van der Waals surface area contributed by atoms with Crippen LogP contribution in [0.25, 0.3) is 0 Å². The number of alkyl halides is 3. The summed E-state index contributed by atoms with van der Waals surface area (Å²) in [6.07, 6.45) is 15.1. The molecule has 0 N–H and O–H groups in total. The number of rotatable bonds is 20. The van der Waals surface area contributed by atoms with Crippen LogP contribution in [0.4, 0.5) is 13.2 Å². The molecule has 0 aliphatic rings. The first-order chi connectivity index (χ1) is 13.7. The van der Waals surface area contributed by atoms with Gasteiger partial charge in [-0.25, -0.2) is 0 Å². The molecule has 0 aromatic rings. The third-order valence-corrected chi connectivity index (χ3v) is 5.46. The molecule has 0 spiro atoms. The van der Waals surface area contributed by atoms with Crippen LogP contribution in [-0.2, 0) is 4.74 Å². The van der Waals surface area contributed by atoms with Gasteiger partial charge in [-0.2, -0.15) is 13.2 Å². The molecule has 0 radical (unpaired) electrons. The number of ether oxygens (including phenoxy) is 1. The average Bonchev–Trinajstić information content (AvgIpc) is 2.61. The molecular weight excluding hydrogens is 373 g/mol. The van der Waals surface area contributed by atoms with Gasteiger partial charge in [-0.15, -0.1) is 0 Å². The molecular formula is C25H49F3O. The quantitative estimate of drug-likeness (QED) is 0.177. The van der Waals surface area contributed by atoms with Crippen molar-refractivity contribution in [2.75, 3.05) is 13.2 Å². The van der Waals surface area contributed by atoms with E-state index in [0.717, 1.165) is 32.5 Å². The molecule has 0 aromatic heterocycles. The van der Waals surface area contributed by atoms with Crippen molar-refractivity contribution < 1.29 is 17.9 Å². The minimum Gasteiger partial charge on any atom is -0.381 e. The Balaban J connectivity index is 3.07. The zero-order chi connectivity index (χ0) is 21.8. The first kappa shape index (κ1) is 28.8. The second kappa shape index (κ2) is 18.5. The highest BCUT2D eigenvalue weighted by Crippen LogP contribution is 2.23. The van der Waals surface area contributed by atoms with Gasteiger partial charge in [0.1, 0.15) is 0 Å². The van der Waals surface area contributed by atoms with Crippen LogP contribution in [0.2, 0.25) is 0 Å². The summed E-state index contributed by atoms with van der Waals surface area (Å²) in [6, 6.07) is 0. The van der Waals surface area contributed by atoms with Crippen molar-refractivity contribution in [2.45, 2.75) is 143 Å². The third kappa shape index (κ3) is 27.8. The maximum atomic E-state index is 12.0. The highest BCUT2D eigenvalue weighted by Gasteiger charge is 2.25. The van der Waals surface area contributed by atoms with Gasteiger partial charge in [-0.05, 0) is 31.1 Å². The Hall–Kier alpha value is -0.250. The van der Waals surface area contributed by atoms with E-state index in [0.29, 0.717) is 11.8 Å². The lowest BCUT2D eigenvalue weighted by atomic mass is 9.91. The summed E-state index contributed by atoms with van der Waals surface area (Å²) in [7, 11) is 0. The van der Waals surface area contributed by atoms with E-state index < -0.39 is 12.6 Å². The van der Waals surface area contributed by atoms with Crippen molar-refractivity contribution in [2.24, 2.45) is 5.41 Å². The van der Waals surface area contributed by atoms with Crippen molar-refractivity contribution in [1.29, 1.82) is 0 Å². The van der Waals surface area contributed by atoms with Gasteiger partial charge in [0.25, 0.3) is 0 Å². The molecule has 1 nitrogen and oxygen atoms in total. The molecule has 0 unspecified atom stereocenters. The van der Waals surface area contributed by atoms with Crippen molar-refractivity contribution >= 4 is 0 Å². The van der Waals surface area contributed by atoms with E-state index in [9.17, 15) is 13.2 Å². The lowest BCUT2D eigenvalue weighted by Gasteiger charge is -2.17. The zero-order valence-electron chi connectivity index (χ0n) is 19.7. The fourth-order valence-electron chi connectivity index (χ4n) is 3.63. The van der Waals surface area contributed by atoms with E-state index in [1.165, 1.54) is 83.5 Å². The predicted octanol–water partition coefficient (Wildman–Crippen LogP) is 9.63. The van der Waals surface area contributed by atoms with E-state index in [1.54, 1.807) is 0 Å². The summed E-state index contributed by atoms with van der Waals surface area (Å²) in [6.45, 7) is 8.68. The SMILES string of the molecule is CC(C)(C)CCCOCCCCCCCCCCCCCCCCCC(F)(F)F. The Labute approximate surface area is 179 Å². The van der Waals surface area contributed by atoms with Crippen LogP contribution < -0.4 is 0 Å². The Morgan fingerprint density at radius 1 is 0.448 bits per heavy atom. The Bertz CT molecular complexity index is 302. The molecule has 0 bridgehead atoms. The number of unbranched alkanes of at least 4 members (excludes halogenated alkanes) is 14. The second-order valence-electron chi connectivity index (χ2n) is 9.95. The molecule has 29 heavy (non-hydrogen) atoms. The minimum absolute atomic E-state index is 0.300. The van der Waals surface area contributed by atoms with Gasteiger partial charge in [-0.3, -0.25) is 0 Å². The van der Waals surface area contributed by atoms with Crippen LogP contribution in [0.1, 0.15) is 136 Å². The van der Waals surface area contributed by atoms with E-state index in [1.807, 2.05) is 0 Å². The van der Waals surface area contributed by atoms with Gasteiger partial charge in [0.15, 0.2) is 0 Å². The van der Waals surface area contributed by atoms with Gasteiger partial charge in [0.05, 0.1) is 0 Å². The largest absolute Gasteiger partial charge is 0.389 e. The molecule has 4 heteroatoms. The highest BCUT2D eigenvalue weighted by atomic mass is 19.4. The molecule has 0 aliphatic heterocycles. The molecule has 0 heterocycles. The van der Waals surface area contributed by atoms with Gasteiger partial charge >= 0.3 is 6.18 Å². The Morgan fingerprint density at radius 3 is 1.17 bits per heavy atom. The topological polar surface area (TPSA) is 9.23 Å². The first-order valence-corrected chi connectivity index (χ1v) is 12.4. The summed E-state index contributed by atoms with van der Waals surface area (Å²) in [4.78, 5) is 0. The van der Waals surface area contributed by atoms with Crippen LogP contribution in [0.5, 0.6) is 0 Å². The first-order valence-electron chi connectivity index (χ1n) is 12.4. The summed E-state index contributed by atoms with van der Waals surface area (Å²) in [5.74, 6) is 0. The van der Waals surface area contributed by atoms with Crippen LogP contribution in [0.3, 0.4) is 0 Å². The number of hydrogen-bond donors (Lipinski definition) is 0. The van der Waals surface area contributed by atoms with Gasteiger partial charge < -0.3 is 4.74 Å². The van der Waals surface area contributed by atoms with E-state index in [4.69, 9.17) is 4.74 Å². The summed E-state index contributed by atoms with van der Waals surface area (Å²) in [5.41, 5.74) is 0.422. The summed E-state index contributed by atoms with van der Waals surface area (Å²) < 4.78 is 41.8. The number of halogens is 3. The minimum atomic E-state index is -3.97. The fourth-order valence-corrected chi connectivity index (χ4v) is 3.63. The van der Waals surface area contributed by atoms with Crippen molar-refractivity contribution in [3.8, 4) is 0 Å².